The van der Waals surface area contributed by atoms with E-state index in [1.807, 2.05) is 30.3 Å². The number of nitro benzene ring substituents is 1. The number of rotatable bonds is 4. The van der Waals surface area contributed by atoms with Crippen molar-refractivity contribution in [2.75, 3.05) is 0 Å². The summed E-state index contributed by atoms with van der Waals surface area (Å²) in [7, 11) is 0. The van der Waals surface area contributed by atoms with E-state index in [4.69, 9.17) is 3.07 Å². The molecule has 8 heteroatoms. The van der Waals surface area contributed by atoms with E-state index in [-0.39, 0.29) is 17.2 Å². The van der Waals surface area contributed by atoms with Crippen LogP contribution in [0.25, 0.3) is 0 Å². The van der Waals surface area contributed by atoms with E-state index in [0.29, 0.717) is 10.1 Å². The van der Waals surface area contributed by atoms with Crippen molar-refractivity contribution in [3.8, 4) is 0 Å². The number of carbonyl (C=O) groups is 2. The van der Waals surface area contributed by atoms with Crippen molar-refractivity contribution in [1.29, 1.82) is 0 Å². The second-order valence-corrected chi connectivity index (χ2v) is 9.12. The minimum atomic E-state index is -2.73. The van der Waals surface area contributed by atoms with Crippen LogP contribution in [0.15, 0.2) is 48.5 Å². The van der Waals surface area contributed by atoms with Gasteiger partial charge in [0, 0.05) is 0 Å². The Kier molecular flexibility index (Phi) is 4.47. The molecule has 1 aliphatic rings. The number of halogens is 1. The maximum absolute atomic E-state index is 12.7. The fraction of sp³-hybridized carbons (Fsp3) is 0.125. The molecule has 1 amide bonds. The molecule has 24 heavy (non-hydrogen) atoms. The average molecular weight is 440 g/mol. The van der Waals surface area contributed by atoms with Gasteiger partial charge in [0.15, 0.2) is 0 Å². The molecular formula is C16H13IN2O5. The number of amides is 1. The van der Waals surface area contributed by atoms with Crippen LogP contribution in [0.2, 0.25) is 0 Å². The van der Waals surface area contributed by atoms with Gasteiger partial charge in [-0.2, -0.15) is 0 Å². The Morgan fingerprint density at radius 3 is 2.58 bits per heavy atom. The predicted octanol–water partition coefficient (Wildman–Crippen LogP) is 3.32. The van der Waals surface area contributed by atoms with Gasteiger partial charge in [-0.3, -0.25) is 0 Å². The molecule has 1 aliphatic heterocycles. The van der Waals surface area contributed by atoms with Gasteiger partial charge in [-0.1, -0.05) is 0 Å². The zero-order valence-corrected chi connectivity index (χ0v) is 14.8. The number of benzene rings is 2. The number of hydrogen-bond acceptors (Lipinski definition) is 5. The van der Waals surface area contributed by atoms with Crippen molar-refractivity contribution in [2.24, 2.45) is 0 Å². The van der Waals surface area contributed by atoms with Crippen LogP contribution in [0.3, 0.4) is 0 Å². The van der Waals surface area contributed by atoms with Crippen LogP contribution >= 0.6 is 20.5 Å². The SMILES string of the molecule is CC(=O)OI1c2ccc([N+](=O)[O-])cc2C(=O)N1Cc1ccccc1. The van der Waals surface area contributed by atoms with Crippen LogP contribution in [-0.4, -0.2) is 19.9 Å². The molecule has 2 aromatic rings. The zero-order chi connectivity index (χ0) is 17.3. The third kappa shape index (κ3) is 3.09. The minimum absolute atomic E-state index is 0.151. The molecule has 0 atom stereocenters. The third-order valence-corrected chi connectivity index (χ3v) is 8.13. The van der Waals surface area contributed by atoms with E-state index in [9.17, 15) is 19.7 Å². The molecule has 0 aromatic heterocycles. The van der Waals surface area contributed by atoms with Crippen LogP contribution < -0.4 is 0 Å². The van der Waals surface area contributed by atoms with E-state index in [1.54, 1.807) is 3.11 Å². The van der Waals surface area contributed by atoms with E-state index < -0.39 is 31.4 Å². The summed E-state index contributed by atoms with van der Waals surface area (Å²) in [5, 5.41) is 10.9. The topological polar surface area (TPSA) is 89.7 Å². The number of fused-ring (bicyclic) bond motifs is 1. The Hall–Kier alpha value is -2.49. The predicted molar refractivity (Wildman–Crippen MR) is 93.9 cm³/mol. The first-order valence-corrected chi connectivity index (χ1v) is 9.93. The Morgan fingerprint density at radius 1 is 1.25 bits per heavy atom. The first kappa shape index (κ1) is 16.4. The number of nitro groups is 1. The van der Waals surface area contributed by atoms with Crippen molar-refractivity contribution < 1.29 is 17.6 Å². The van der Waals surface area contributed by atoms with Gasteiger partial charge in [-0.25, -0.2) is 0 Å². The van der Waals surface area contributed by atoms with Crippen LogP contribution in [-0.2, 0) is 14.4 Å². The monoisotopic (exact) mass is 440 g/mol. The summed E-state index contributed by atoms with van der Waals surface area (Å²) < 4.78 is 7.61. The molecule has 0 spiro atoms. The quantitative estimate of drug-likeness (QED) is 0.315. The van der Waals surface area contributed by atoms with Gasteiger partial charge >= 0.3 is 146 Å². The third-order valence-electron chi connectivity index (χ3n) is 3.32. The van der Waals surface area contributed by atoms with Gasteiger partial charge in [-0.05, 0) is 0 Å². The molecule has 1 heterocycles. The second kappa shape index (κ2) is 6.56. The molecule has 0 saturated carbocycles. The fourth-order valence-electron chi connectivity index (χ4n) is 2.30. The molecule has 0 bridgehead atoms. The van der Waals surface area contributed by atoms with Crippen molar-refractivity contribution in [1.82, 2.24) is 3.11 Å². The van der Waals surface area contributed by atoms with E-state index in [2.05, 4.69) is 0 Å². The molecule has 2 aromatic carbocycles. The van der Waals surface area contributed by atoms with Gasteiger partial charge in [0.2, 0.25) is 0 Å². The molecule has 0 N–H and O–H groups in total. The van der Waals surface area contributed by atoms with E-state index in [0.717, 1.165) is 5.56 Å². The normalized spacial score (nSPS) is 14.5. The van der Waals surface area contributed by atoms with Crippen molar-refractivity contribution >= 4 is 38.1 Å². The Balaban J connectivity index is 2.00. The first-order valence-electron chi connectivity index (χ1n) is 7.01. The second-order valence-electron chi connectivity index (χ2n) is 5.03. The van der Waals surface area contributed by atoms with Gasteiger partial charge in [-0.15, -0.1) is 0 Å². The number of nitrogens with zero attached hydrogens (tertiary/aromatic N) is 2. The molecule has 3 rings (SSSR count). The molecule has 0 aliphatic carbocycles. The molecule has 7 nitrogen and oxygen atoms in total. The van der Waals surface area contributed by atoms with Gasteiger partial charge in [0.1, 0.15) is 0 Å². The summed E-state index contributed by atoms with van der Waals surface area (Å²) in [6.07, 6.45) is 0. The van der Waals surface area contributed by atoms with E-state index >= 15 is 0 Å². The Bertz CT molecular complexity index is 824. The fourth-order valence-corrected chi connectivity index (χ4v) is 6.72. The first-order chi connectivity index (χ1) is 11.5. The van der Waals surface area contributed by atoms with Gasteiger partial charge < -0.3 is 0 Å². The number of hydrogen-bond donors (Lipinski definition) is 0. The summed E-state index contributed by atoms with van der Waals surface area (Å²) in [5.41, 5.74) is 1.01. The van der Waals surface area contributed by atoms with Crippen LogP contribution in [0.5, 0.6) is 0 Å². The number of carbonyl (C=O) groups excluding carboxylic acids is 2. The van der Waals surface area contributed by atoms with Crippen molar-refractivity contribution in [3.63, 3.8) is 0 Å². The molecule has 0 unspecified atom stereocenters. The van der Waals surface area contributed by atoms with E-state index in [1.165, 1.54) is 25.1 Å². The molecular weight excluding hydrogens is 427 g/mol. The van der Waals surface area contributed by atoms with Crippen LogP contribution in [0, 0.1) is 13.7 Å². The van der Waals surface area contributed by atoms with Gasteiger partial charge in [0.25, 0.3) is 0 Å². The molecule has 0 radical (unpaired) electrons. The van der Waals surface area contributed by atoms with Crippen molar-refractivity contribution in [2.45, 2.75) is 13.5 Å². The molecule has 0 fully saturated rings. The Morgan fingerprint density at radius 2 is 1.96 bits per heavy atom. The standard InChI is InChI=1S/C16H13IN2O5/c1-11(20)24-17-15-8-7-13(19(22)23)9-14(15)16(21)18(17)10-12-5-3-2-4-6-12/h2-9H,10H2,1H3. The Labute approximate surface area is 145 Å². The summed E-state index contributed by atoms with van der Waals surface area (Å²) in [5.74, 6) is -0.790. The molecule has 0 saturated heterocycles. The molecule has 124 valence electrons. The number of non-ortho nitro benzene ring substituents is 1. The van der Waals surface area contributed by atoms with Gasteiger partial charge in [0.05, 0.1) is 0 Å². The average Bonchev–Trinajstić information content (AvgIpc) is 2.80. The maximum atomic E-state index is 12.7. The summed E-state index contributed by atoms with van der Waals surface area (Å²) in [6, 6.07) is 13.5. The summed E-state index contributed by atoms with van der Waals surface area (Å²) >= 11 is -2.73. The van der Waals surface area contributed by atoms with Crippen LogP contribution in [0.4, 0.5) is 5.69 Å². The summed E-state index contributed by atoms with van der Waals surface area (Å²) in [4.78, 5) is 34.6. The summed E-state index contributed by atoms with van der Waals surface area (Å²) in [6.45, 7) is 1.60. The van der Waals surface area contributed by atoms with Crippen molar-refractivity contribution in [3.05, 3.63) is 73.3 Å². The zero-order valence-electron chi connectivity index (χ0n) is 12.6. The van der Waals surface area contributed by atoms with Crippen LogP contribution in [0.1, 0.15) is 22.8 Å².